The minimum atomic E-state index is -2.22. The molecule has 0 saturated carbocycles. The molecular weight excluding hydrogens is 512 g/mol. The Bertz CT molecular complexity index is 1120. The molecule has 0 bridgehead atoms. The highest BCUT2D eigenvalue weighted by Gasteiger charge is 2.41. The molecule has 2 aliphatic heterocycles. The van der Waals surface area contributed by atoms with E-state index in [-0.39, 0.29) is 35.8 Å². The van der Waals surface area contributed by atoms with E-state index >= 15 is 0 Å². The summed E-state index contributed by atoms with van der Waals surface area (Å²) in [6.45, 7) is 5.66. The fraction of sp³-hybridized carbons (Fsp3) is 0.370. The number of carbonyl (C=O) groups excluding carboxylic acids is 3. The van der Waals surface area contributed by atoms with Gasteiger partial charge in [-0.25, -0.2) is 19.2 Å². The number of morpholine rings is 1. The monoisotopic (exact) mass is 542 g/mol. The Balaban J connectivity index is 0.000000314. The van der Waals surface area contributed by atoms with Gasteiger partial charge in [0.15, 0.2) is 0 Å². The molecule has 0 aliphatic carbocycles. The molecule has 2 fully saturated rings. The molecule has 12 heteroatoms. The number of benzene rings is 2. The minimum Gasteiger partial charge on any atom is -0.478 e. The fourth-order valence-corrected chi connectivity index (χ4v) is 3.84. The summed E-state index contributed by atoms with van der Waals surface area (Å²) in [5.41, 5.74) is 1.79. The number of carboxylic acid groups (broad SMARTS) is 2. The van der Waals surface area contributed by atoms with Crippen molar-refractivity contribution in [2.45, 2.75) is 44.6 Å². The zero-order valence-corrected chi connectivity index (χ0v) is 21.4. The molecule has 12 nitrogen and oxygen atoms in total. The standard InChI is InChI=1S/C20H18O8.C7H12N2O2/c1-11-3-7-13(8-4-11)19(25)27-15(17(21)22)16(18(23)24)28-20(26)14-9-5-12(2)6-10-14;10-7-4-11-6-1-2-8-3-5(6)9-7/h3-10,15-16H,1-2H3,(H,21,22)(H,23,24);5-6,8H,1-4H2,(H,9,10)/t15-,16-;5-,6+/m01/s1. The quantitative estimate of drug-likeness (QED) is 0.368. The average molecular weight is 543 g/mol. The summed E-state index contributed by atoms with van der Waals surface area (Å²) in [5, 5.41) is 24.7. The van der Waals surface area contributed by atoms with E-state index in [1.807, 2.05) is 0 Å². The van der Waals surface area contributed by atoms with Gasteiger partial charge in [-0.05, 0) is 51.1 Å². The van der Waals surface area contributed by atoms with E-state index in [4.69, 9.17) is 14.2 Å². The summed E-state index contributed by atoms with van der Waals surface area (Å²) in [6, 6.07) is 12.3. The van der Waals surface area contributed by atoms with Gasteiger partial charge in [0.25, 0.3) is 0 Å². The van der Waals surface area contributed by atoms with E-state index in [1.165, 1.54) is 24.3 Å². The first kappa shape index (κ1) is 29.3. The maximum Gasteiger partial charge on any atom is 0.349 e. The van der Waals surface area contributed by atoms with Crippen LogP contribution >= 0.6 is 0 Å². The number of nitrogens with one attached hydrogen (secondary N) is 2. The number of hydrogen-bond donors (Lipinski definition) is 4. The van der Waals surface area contributed by atoms with Crippen LogP contribution in [0.2, 0.25) is 0 Å². The highest BCUT2D eigenvalue weighted by molar-refractivity contribution is 5.95. The summed E-state index contributed by atoms with van der Waals surface area (Å²) in [6.07, 6.45) is -3.19. The van der Waals surface area contributed by atoms with Crippen molar-refractivity contribution in [1.82, 2.24) is 10.6 Å². The number of piperidine rings is 1. The third-order valence-corrected chi connectivity index (χ3v) is 6.00. The van der Waals surface area contributed by atoms with Gasteiger partial charge < -0.3 is 35.1 Å². The Morgan fingerprint density at radius 3 is 1.74 bits per heavy atom. The van der Waals surface area contributed by atoms with Crippen molar-refractivity contribution in [3.8, 4) is 0 Å². The van der Waals surface area contributed by atoms with Crippen molar-refractivity contribution in [1.29, 1.82) is 0 Å². The molecule has 2 heterocycles. The van der Waals surface area contributed by atoms with Gasteiger partial charge in [-0.2, -0.15) is 0 Å². The van der Waals surface area contributed by atoms with Crippen LogP contribution in [0.4, 0.5) is 0 Å². The van der Waals surface area contributed by atoms with Crippen molar-refractivity contribution in [3.63, 3.8) is 0 Å². The molecule has 208 valence electrons. The topological polar surface area (TPSA) is 178 Å². The molecule has 39 heavy (non-hydrogen) atoms. The summed E-state index contributed by atoms with van der Waals surface area (Å²) < 4.78 is 15.0. The molecule has 0 aromatic heterocycles. The fourth-order valence-electron chi connectivity index (χ4n) is 3.84. The number of amides is 1. The molecule has 4 rings (SSSR count). The zero-order valence-electron chi connectivity index (χ0n) is 21.4. The first-order valence-electron chi connectivity index (χ1n) is 12.2. The van der Waals surface area contributed by atoms with E-state index in [9.17, 15) is 34.2 Å². The number of esters is 2. The van der Waals surface area contributed by atoms with Gasteiger partial charge >= 0.3 is 23.9 Å². The van der Waals surface area contributed by atoms with Crippen molar-refractivity contribution in [2.24, 2.45) is 0 Å². The number of carboxylic acids is 2. The van der Waals surface area contributed by atoms with E-state index in [1.54, 1.807) is 38.1 Å². The smallest absolute Gasteiger partial charge is 0.349 e. The summed E-state index contributed by atoms with van der Waals surface area (Å²) in [7, 11) is 0. The lowest BCUT2D eigenvalue weighted by molar-refractivity contribution is -0.166. The Morgan fingerprint density at radius 2 is 1.31 bits per heavy atom. The third-order valence-electron chi connectivity index (χ3n) is 6.00. The van der Waals surface area contributed by atoms with E-state index in [0.29, 0.717) is 0 Å². The minimum absolute atomic E-state index is 0.00921. The highest BCUT2D eigenvalue weighted by Crippen LogP contribution is 2.15. The van der Waals surface area contributed by atoms with Crippen LogP contribution in [0.3, 0.4) is 0 Å². The predicted molar refractivity (Wildman–Crippen MR) is 135 cm³/mol. The number of aryl methyl sites for hydroxylation is 2. The van der Waals surface area contributed by atoms with Crippen molar-refractivity contribution in [2.75, 3.05) is 19.7 Å². The molecule has 4 atom stereocenters. The van der Waals surface area contributed by atoms with Crippen LogP contribution in [0.25, 0.3) is 0 Å². The van der Waals surface area contributed by atoms with Crippen LogP contribution in [0.15, 0.2) is 48.5 Å². The van der Waals surface area contributed by atoms with Gasteiger partial charge in [-0.3, -0.25) is 4.79 Å². The highest BCUT2D eigenvalue weighted by atomic mass is 16.6. The Hall–Kier alpha value is -4.29. The summed E-state index contributed by atoms with van der Waals surface area (Å²) in [4.78, 5) is 58.2. The van der Waals surface area contributed by atoms with Gasteiger partial charge in [0.05, 0.1) is 23.3 Å². The molecule has 0 spiro atoms. The summed E-state index contributed by atoms with van der Waals surface area (Å²) >= 11 is 0. The number of carbonyl (C=O) groups is 5. The predicted octanol–water partition coefficient (Wildman–Crippen LogP) is 1.09. The number of fused-ring (bicyclic) bond motifs is 1. The van der Waals surface area contributed by atoms with Crippen molar-refractivity contribution < 1.29 is 48.4 Å². The summed E-state index contributed by atoms with van der Waals surface area (Å²) in [5.74, 6) is -5.61. The first-order valence-corrected chi connectivity index (χ1v) is 12.2. The van der Waals surface area contributed by atoms with E-state index in [0.717, 1.165) is 30.6 Å². The van der Waals surface area contributed by atoms with Crippen LogP contribution in [0.5, 0.6) is 0 Å². The van der Waals surface area contributed by atoms with Crippen molar-refractivity contribution in [3.05, 3.63) is 70.8 Å². The SMILES string of the molecule is Cc1ccc(C(=O)O[C@H](C(=O)O)[C@H](OC(=O)c2ccc(C)cc2)C(=O)O)cc1.O=C1CO[C@H]2CCNC[C@H]2N1. The Kier molecular flexibility index (Phi) is 10.1. The van der Waals surface area contributed by atoms with Gasteiger partial charge in [0, 0.05) is 6.54 Å². The number of rotatable bonds is 7. The van der Waals surface area contributed by atoms with Crippen LogP contribution in [-0.4, -0.2) is 84.0 Å². The van der Waals surface area contributed by atoms with Gasteiger partial charge in [-0.1, -0.05) is 35.4 Å². The van der Waals surface area contributed by atoms with Crippen LogP contribution < -0.4 is 10.6 Å². The molecule has 4 N–H and O–H groups in total. The van der Waals surface area contributed by atoms with Crippen molar-refractivity contribution >= 4 is 29.8 Å². The Morgan fingerprint density at radius 1 is 0.846 bits per heavy atom. The molecule has 0 radical (unpaired) electrons. The molecule has 1 amide bonds. The second-order valence-electron chi connectivity index (χ2n) is 9.08. The lowest BCUT2D eigenvalue weighted by Gasteiger charge is -2.35. The third kappa shape index (κ3) is 8.35. The number of hydrogen-bond acceptors (Lipinski definition) is 9. The maximum absolute atomic E-state index is 12.2. The molecular formula is C27H30N2O10. The normalized spacial score (nSPS) is 19.6. The Labute approximate surface area is 224 Å². The first-order chi connectivity index (χ1) is 18.5. The average Bonchev–Trinajstić information content (AvgIpc) is 2.91. The molecule has 0 unspecified atom stereocenters. The molecule has 2 aromatic carbocycles. The number of aliphatic carboxylic acids is 2. The van der Waals surface area contributed by atoms with Crippen LogP contribution in [0, 0.1) is 13.8 Å². The van der Waals surface area contributed by atoms with E-state index in [2.05, 4.69) is 10.6 Å². The molecule has 2 saturated heterocycles. The number of ether oxygens (including phenoxy) is 3. The largest absolute Gasteiger partial charge is 0.478 e. The lowest BCUT2D eigenvalue weighted by atomic mass is 10.0. The maximum atomic E-state index is 12.2. The van der Waals surface area contributed by atoms with Gasteiger partial charge in [-0.15, -0.1) is 0 Å². The van der Waals surface area contributed by atoms with E-state index < -0.39 is 36.1 Å². The zero-order chi connectivity index (χ0) is 28.5. The van der Waals surface area contributed by atoms with Gasteiger partial charge in [0.1, 0.15) is 6.61 Å². The van der Waals surface area contributed by atoms with Crippen LogP contribution in [-0.2, 0) is 28.6 Å². The second kappa shape index (κ2) is 13.5. The molecule has 2 aliphatic rings. The van der Waals surface area contributed by atoms with Crippen LogP contribution in [0.1, 0.15) is 38.3 Å². The second-order valence-corrected chi connectivity index (χ2v) is 9.08. The lowest BCUT2D eigenvalue weighted by Crippen LogP contribution is -2.59. The molecule has 2 aromatic rings. The van der Waals surface area contributed by atoms with Gasteiger partial charge in [0.2, 0.25) is 18.1 Å².